The molecule has 0 radical (unpaired) electrons. The van der Waals surface area contributed by atoms with Crippen LogP contribution in [0, 0.1) is 0 Å². The molecule has 0 aromatic carbocycles. The lowest BCUT2D eigenvalue weighted by atomic mass is 10.3. The minimum absolute atomic E-state index is 0.681. The fourth-order valence-electron chi connectivity index (χ4n) is 0.291. The molecule has 1 nitrogen and oxygen atoms in total. The average molecular weight is 140 g/mol. The third-order valence-electron chi connectivity index (χ3n) is 0.710. The predicted molar refractivity (Wildman–Crippen MR) is 26.9 cm³/mol. The van der Waals surface area contributed by atoms with Crippen LogP contribution in [0.1, 0.15) is 6.92 Å². The Morgan fingerprint density at radius 2 is 1.89 bits per heavy atom. The summed E-state index contributed by atoms with van der Waals surface area (Å²) in [6.07, 6.45) is -5.01. The smallest absolute Gasteiger partial charge is 0.380 e. The zero-order valence-corrected chi connectivity index (χ0v) is 4.81. The number of hydrogen-bond donors (Lipinski definition) is 1. The first-order chi connectivity index (χ1) is 3.98. The lowest BCUT2D eigenvalue weighted by molar-refractivity contribution is -0.187. The molecule has 0 saturated heterocycles. The third-order valence-corrected chi connectivity index (χ3v) is 0.710. The van der Waals surface area contributed by atoms with Crippen molar-refractivity contribution in [2.45, 2.75) is 19.2 Å². The Kier molecular flexibility index (Phi) is 2.70. The fraction of sp³-hybridized carbons (Fsp3) is 0.600. The molecule has 0 fully saturated rings. The van der Waals surface area contributed by atoms with Crippen LogP contribution in [0.25, 0.3) is 0 Å². The lowest BCUT2D eigenvalue weighted by Gasteiger charge is -2.08. The van der Waals surface area contributed by atoms with E-state index in [1.807, 2.05) is 0 Å². The van der Waals surface area contributed by atoms with E-state index >= 15 is 0 Å². The van der Waals surface area contributed by atoms with Crippen LogP contribution in [0.4, 0.5) is 13.2 Å². The van der Waals surface area contributed by atoms with Crippen LogP contribution in [0.3, 0.4) is 0 Å². The molecule has 9 heavy (non-hydrogen) atoms. The van der Waals surface area contributed by atoms with Gasteiger partial charge < -0.3 is 5.11 Å². The van der Waals surface area contributed by atoms with Crippen LogP contribution in [-0.4, -0.2) is 17.4 Å². The molecule has 1 atom stereocenters. The Balaban J connectivity index is 3.88. The minimum atomic E-state index is -4.52. The summed E-state index contributed by atoms with van der Waals surface area (Å²) < 4.78 is 34.0. The molecule has 0 aliphatic carbocycles. The van der Waals surface area contributed by atoms with Crippen LogP contribution < -0.4 is 0 Å². The summed E-state index contributed by atoms with van der Waals surface area (Å²) in [7, 11) is 0. The molecule has 4 heteroatoms. The summed E-state index contributed by atoms with van der Waals surface area (Å²) in [6.45, 7) is 1.41. The number of aliphatic hydroxyl groups is 1. The molecule has 0 aliphatic heterocycles. The summed E-state index contributed by atoms with van der Waals surface area (Å²) in [6, 6.07) is 0. The molecule has 0 bridgehead atoms. The highest BCUT2D eigenvalue weighted by molar-refractivity contribution is 4.89. The lowest BCUT2D eigenvalue weighted by Crippen LogP contribution is -2.25. The molecular formula is C5H7F3O. The number of rotatable bonds is 1. The number of halogens is 3. The van der Waals surface area contributed by atoms with Crippen LogP contribution in [0.15, 0.2) is 12.2 Å². The molecule has 0 aliphatic rings. The number of allylic oxidation sites excluding steroid dienone is 1. The molecule has 0 saturated carbocycles. The van der Waals surface area contributed by atoms with Gasteiger partial charge in [0.05, 0.1) is 0 Å². The molecule has 54 valence electrons. The van der Waals surface area contributed by atoms with Crippen molar-refractivity contribution in [1.82, 2.24) is 0 Å². The van der Waals surface area contributed by atoms with Gasteiger partial charge in [-0.1, -0.05) is 12.2 Å². The van der Waals surface area contributed by atoms with E-state index in [0.717, 1.165) is 6.08 Å². The monoisotopic (exact) mass is 140 g/mol. The van der Waals surface area contributed by atoms with Gasteiger partial charge in [0.25, 0.3) is 0 Å². The van der Waals surface area contributed by atoms with Crippen molar-refractivity contribution in [2.24, 2.45) is 0 Å². The van der Waals surface area contributed by atoms with E-state index in [0.29, 0.717) is 6.08 Å². The van der Waals surface area contributed by atoms with Crippen molar-refractivity contribution in [2.75, 3.05) is 0 Å². The van der Waals surface area contributed by atoms with E-state index in [1.165, 1.54) is 6.92 Å². The quantitative estimate of drug-likeness (QED) is 0.547. The van der Waals surface area contributed by atoms with Gasteiger partial charge in [0, 0.05) is 0 Å². The van der Waals surface area contributed by atoms with Crippen molar-refractivity contribution in [3.8, 4) is 0 Å². The molecule has 1 N–H and O–H groups in total. The molecule has 0 aromatic rings. The zero-order chi connectivity index (χ0) is 7.49. The summed E-state index contributed by atoms with van der Waals surface area (Å²) in [5, 5.41) is 8.17. The van der Waals surface area contributed by atoms with Gasteiger partial charge in [-0.05, 0) is 6.92 Å². The Hall–Kier alpha value is -0.510. The Bertz CT molecular complexity index is 105. The first kappa shape index (κ1) is 8.49. The molecular weight excluding hydrogens is 133 g/mol. The van der Waals surface area contributed by atoms with Crippen molar-refractivity contribution >= 4 is 0 Å². The van der Waals surface area contributed by atoms with Crippen molar-refractivity contribution < 1.29 is 18.3 Å². The van der Waals surface area contributed by atoms with Crippen LogP contribution in [0.2, 0.25) is 0 Å². The topological polar surface area (TPSA) is 20.2 Å². The Labute approximate surface area is 50.8 Å². The maximum atomic E-state index is 11.3. The van der Waals surface area contributed by atoms with Gasteiger partial charge in [0.2, 0.25) is 0 Å². The van der Waals surface area contributed by atoms with Gasteiger partial charge >= 0.3 is 6.18 Å². The number of hydrogen-bond acceptors (Lipinski definition) is 1. The molecule has 0 heterocycles. The summed E-state index contributed by atoms with van der Waals surface area (Å²) in [5.41, 5.74) is 0. The fourth-order valence-corrected chi connectivity index (χ4v) is 0.291. The van der Waals surface area contributed by atoms with Gasteiger partial charge in [-0.25, -0.2) is 0 Å². The van der Waals surface area contributed by atoms with Crippen molar-refractivity contribution in [3.05, 3.63) is 12.2 Å². The second-order valence-corrected chi connectivity index (χ2v) is 1.51. The minimum Gasteiger partial charge on any atom is -0.380 e. The molecule has 0 amide bonds. The van der Waals surface area contributed by atoms with Gasteiger partial charge in [0.1, 0.15) is 0 Å². The molecule has 0 spiro atoms. The van der Waals surface area contributed by atoms with Crippen molar-refractivity contribution in [1.29, 1.82) is 0 Å². The predicted octanol–water partition coefficient (Wildman–Crippen LogP) is 1.49. The van der Waals surface area contributed by atoms with Gasteiger partial charge in [-0.2, -0.15) is 13.2 Å². The SMILES string of the molecule is CC=CC(O)C(F)(F)F. The number of aliphatic hydroxyl groups excluding tert-OH is 1. The van der Waals surface area contributed by atoms with Crippen LogP contribution in [-0.2, 0) is 0 Å². The highest BCUT2D eigenvalue weighted by atomic mass is 19.4. The maximum Gasteiger partial charge on any atom is 0.417 e. The van der Waals surface area contributed by atoms with E-state index in [4.69, 9.17) is 5.11 Å². The highest BCUT2D eigenvalue weighted by Gasteiger charge is 2.35. The molecule has 0 rings (SSSR count). The van der Waals surface area contributed by atoms with E-state index in [9.17, 15) is 13.2 Å². The first-order valence-electron chi connectivity index (χ1n) is 2.36. The normalized spacial score (nSPS) is 16.6. The van der Waals surface area contributed by atoms with Crippen molar-refractivity contribution in [3.63, 3.8) is 0 Å². The zero-order valence-electron chi connectivity index (χ0n) is 4.81. The summed E-state index contributed by atoms with van der Waals surface area (Å²) >= 11 is 0. The Morgan fingerprint density at radius 1 is 1.44 bits per heavy atom. The number of alkyl halides is 3. The Morgan fingerprint density at radius 3 is 2.00 bits per heavy atom. The van der Waals surface area contributed by atoms with Crippen LogP contribution in [0.5, 0.6) is 0 Å². The maximum absolute atomic E-state index is 11.3. The largest absolute Gasteiger partial charge is 0.417 e. The van der Waals surface area contributed by atoms with Gasteiger partial charge in [-0.3, -0.25) is 0 Å². The van der Waals surface area contributed by atoms with E-state index < -0.39 is 12.3 Å². The second-order valence-electron chi connectivity index (χ2n) is 1.51. The summed E-state index contributed by atoms with van der Waals surface area (Å²) in [5.74, 6) is 0. The summed E-state index contributed by atoms with van der Waals surface area (Å²) in [4.78, 5) is 0. The van der Waals surface area contributed by atoms with Gasteiger partial charge in [0.15, 0.2) is 6.10 Å². The average Bonchev–Trinajstić information content (AvgIpc) is 1.64. The first-order valence-corrected chi connectivity index (χ1v) is 2.36. The third kappa shape index (κ3) is 3.13. The standard InChI is InChI=1S/C5H7F3O/c1-2-3-4(9)5(6,7)8/h2-4,9H,1H3. The van der Waals surface area contributed by atoms with E-state index in [1.54, 1.807) is 0 Å². The molecule has 0 aromatic heterocycles. The van der Waals surface area contributed by atoms with Gasteiger partial charge in [-0.15, -0.1) is 0 Å². The second kappa shape index (κ2) is 2.87. The highest BCUT2D eigenvalue weighted by Crippen LogP contribution is 2.20. The van der Waals surface area contributed by atoms with E-state index in [-0.39, 0.29) is 0 Å². The molecule has 1 unspecified atom stereocenters. The van der Waals surface area contributed by atoms with Crippen LogP contribution >= 0.6 is 0 Å². The van der Waals surface area contributed by atoms with E-state index in [2.05, 4.69) is 0 Å².